The molecule has 0 N–H and O–H groups in total. The summed E-state index contributed by atoms with van der Waals surface area (Å²) in [7, 11) is 1.22. The summed E-state index contributed by atoms with van der Waals surface area (Å²) < 4.78 is 21.8. The Bertz CT molecular complexity index is 1510. The van der Waals surface area contributed by atoms with Crippen molar-refractivity contribution in [1.82, 2.24) is 0 Å². The number of rotatable bonds is 6. The third-order valence-electron chi connectivity index (χ3n) is 6.27. The summed E-state index contributed by atoms with van der Waals surface area (Å²) in [5, 5.41) is 11.7. The van der Waals surface area contributed by atoms with E-state index in [1.807, 2.05) is 0 Å². The van der Waals surface area contributed by atoms with Crippen molar-refractivity contribution in [3.05, 3.63) is 69.8 Å². The Kier molecular flexibility index (Phi) is 8.00. The van der Waals surface area contributed by atoms with E-state index in [1.54, 1.807) is 36.4 Å². The van der Waals surface area contributed by atoms with E-state index >= 15 is 0 Å². The molecule has 10 nitrogen and oxygen atoms in total. The number of ether oxygens (including phenoxy) is 4. The zero-order valence-corrected chi connectivity index (χ0v) is 23.7. The van der Waals surface area contributed by atoms with Crippen LogP contribution in [0.15, 0.2) is 48.6 Å². The van der Waals surface area contributed by atoms with Crippen LogP contribution < -0.4 is 14.4 Å². The van der Waals surface area contributed by atoms with Gasteiger partial charge >= 0.3 is 6.09 Å². The molecule has 2 aromatic rings. The van der Waals surface area contributed by atoms with Crippen LogP contribution in [-0.2, 0) is 26.5 Å². The average Bonchev–Trinajstić information content (AvgIpc) is 3.68. The number of aldehydes is 1. The van der Waals surface area contributed by atoms with Crippen molar-refractivity contribution >= 4 is 31.8 Å². The summed E-state index contributed by atoms with van der Waals surface area (Å²) >= 11 is 0. The van der Waals surface area contributed by atoms with Crippen molar-refractivity contribution in [2.75, 3.05) is 19.1 Å². The molecule has 4 rings (SSSR count). The molecule has 3 atom stereocenters. The molecular formula is C29H28N2O8Si. The SMILES string of the molecule is COc1cc(COC(=O)N2c3ccccc3[C@@]3(C=O)O[C@H]3[C@@H]2C#C/C=C\C#C[Si](C)(C)C)c([N+](=O)[O-])cc1OC. The highest BCUT2D eigenvalue weighted by Crippen LogP contribution is 2.55. The molecule has 0 unspecified atom stereocenters. The van der Waals surface area contributed by atoms with Crippen LogP contribution in [0.5, 0.6) is 11.5 Å². The van der Waals surface area contributed by atoms with Gasteiger partial charge in [-0.1, -0.05) is 55.6 Å². The van der Waals surface area contributed by atoms with Gasteiger partial charge in [-0.05, 0) is 24.3 Å². The van der Waals surface area contributed by atoms with Gasteiger partial charge in [0.25, 0.3) is 5.69 Å². The van der Waals surface area contributed by atoms with Crippen LogP contribution in [0, 0.1) is 33.4 Å². The summed E-state index contributed by atoms with van der Waals surface area (Å²) in [6.45, 7) is 5.96. The first-order valence-corrected chi connectivity index (χ1v) is 15.8. The zero-order valence-electron chi connectivity index (χ0n) is 22.7. The third-order valence-corrected chi connectivity index (χ3v) is 7.16. The molecule has 2 aliphatic rings. The summed E-state index contributed by atoms with van der Waals surface area (Å²) in [4.78, 5) is 38.1. The number of carbonyl (C=O) groups is 2. The second kappa shape index (κ2) is 11.3. The molecule has 0 aromatic heterocycles. The normalized spacial score (nSPS) is 20.6. The number of carbonyl (C=O) groups excluding carboxylic acids is 2. The maximum absolute atomic E-state index is 13.5. The van der Waals surface area contributed by atoms with Crippen molar-refractivity contribution < 1.29 is 33.5 Å². The van der Waals surface area contributed by atoms with Crippen molar-refractivity contribution in [2.45, 2.75) is 44.0 Å². The maximum Gasteiger partial charge on any atom is 0.415 e. The van der Waals surface area contributed by atoms with Gasteiger partial charge in [-0.3, -0.25) is 19.8 Å². The minimum Gasteiger partial charge on any atom is -0.493 e. The average molecular weight is 561 g/mol. The minimum absolute atomic E-state index is 0.109. The van der Waals surface area contributed by atoms with E-state index in [0.717, 1.165) is 6.29 Å². The highest BCUT2D eigenvalue weighted by molar-refractivity contribution is 6.83. The lowest BCUT2D eigenvalue weighted by Gasteiger charge is -2.33. The van der Waals surface area contributed by atoms with E-state index in [2.05, 4.69) is 42.9 Å². The van der Waals surface area contributed by atoms with E-state index in [4.69, 9.17) is 18.9 Å². The predicted octanol–water partition coefficient (Wildman–Crippen LogP) is 4.37. The van der Waals surface area contributed by atoms with Gasteiger partial charge in [0.2, 0.25) is 0 Å². The molecule has 11 heteroatoms. The Morgan fingerprint density at radius 1 is 1.15 bits per heavy atom. The number of methoxy groups -OCH3 is 2. The number of nitro benzene ring substituents is 1. The molecule has 40 heavy (non-hydrogen) atoms. The Labute approximate surface area is 233 Å². The van der Waals surface area contributed by atoms with Crippen LogP contribution in [0.2, 0.25) is 19.6 Å². The second-order valence-electron chi connectivity index (χ2n) is 10.1. The fraction of sp³-hybridized carbons (Fsp3) is 0.310. The van der Waals surface area contributed by atoms with E-state index in [1.165, 1.54) is 31.3 Å². The molecule has 2 heterocycles. The van der Waals surface area contributed by atoms with Gasteiger partial charge in [0.15, 0.2) is 23.4 Å². The van der Waals surface area contributed by atoms with Crippen molar-refractivity contribution in [1.29, 1.82) is 0 Å². The summed E-state index contributed by atoms with van der Waals surface area (Å²) in [6.07, 6.45) is 2.41. The largest absolute Gasteiger partial charge is 0.493 e. The number of amides is 1. The molecule has 0 saturated carbocycles. The van der Waals surface area contributed by atoms with Gasteiger partial charge in [0.1, 0.15) is 26.8 Å². The molecule has 0 aliphatic carbocycles. The number of hydrogen-bond donors (Lipinski definition) is 0. The number of para-hydroxylation sites is 1. The molecule has 2 aromatic carbocycles. The van der Waals surface area contributed by atoms with E-state index in [-0.39, 0.29) is 22.7 Å². The number of allylic oxidation sites excluding steroid dienone is 2. The van der Waals surface area contributed by atoms with Gasteiger partial charge in [-0.2, -0.15) is 0 Å². The Balaban J connectivity index is 1.66. The first kappa shape index (κ1) is 28.4. The monoisotopic (exact) mass is 560 g/mol. The predicted molar refractivity (Wildman–Crippen MR) is 150 cm³/mol. The van der Waals surface area contributed by atoms with E-state index < -0.39 is 43.4 Å². The molecule has 0 radical (unpaired) electrons. The molecule has 1 amide bonds. The van der Waals surface area contributed by atoms with Gasteiger partial charge in [0, 0.05) is 5.56 Å². The lowest BCUT2D eigenvalue weighted by molar-refractivity contribution is -0.385. The molecule has 206 valence electrons. The number of nitro groups is 1. The number of nitrogens with zero attached hydrogens (tertiary/aromatic N) is 2. The fourth-order valence-corrected chi connectivity index (χ4v) is 4.90. The van der Waals surface area contributed by atoms with Crippen LogP contribution in [-0.4, -0.2) is 51.7 Å². The topological polar surface area (TPSA) is 121 Å². The fourth-order valence-electron chi connectivity index (χ4n) is 4.38. The van der Waals surface area contributed by atoms with Crippen LogP contribution in [0.3, 0.4) is 0 Å². The second-order valence-corrected chi connectivity index (χ2v) is 14.8. The summed E-state index contributed by atoms with van der Waals surface area (Å²) in [5.74, 6) is 9.31. The molecule has 2 aliphatic heterocycles. The smallest absolute Gasteiger partial charge is 0.415 e. The van der Waals surface area contributed by atoms with Crippen LogP contribution in [0.4, 0.5) is 16.2 Å². The van der Waals surface area contributed by atoms with Gasteiger partial charge in [-0.15, -0.1) is 5.54 Å². The summed E-state index contributed by atoms with van der Waals surface area (Å²) in [6, 6.07) is 8.57. The number of epoxide rings is 1. The lowest BCUT2D eigenvalue weighted by atomic mass is 9.86. The molecule has 0 bridgehead atoms. The zero-order chi connectivity index (χ0) is 29.1. The highest BCUT2D eigenvalue weighted by atomic mass is 28.3. The quantitative estimate of drug-likeness (QED) is 0.128. The Hall–Kier alpha value is -4.58. The van der Waals surface area contributed by atoms with Crippen LogP contribution >= 0.6 is 0 Å². The molecule has 1 fully saturated rings. The maximum atomic E-state index is 13.5. The first-order chi connectivity index (χ1) is 19.1. The van der Waals surface area contributed by atoms with Gasteiger partial charge in [-0.25, -0.2) is 4.79 Å². The van der Waals surface area contributed by atoms with Crippen molar-refractivity contribution in [3.8, 4) is 34.8 Å². The highest BCUT2D eigenvalue weighted by Gasteiger charge is 2.67. The summed E-state index contributed by atoms with van der Waals surface area (Å²) in [5.41, 5.74) is 2.72. The van der Waals surface area contributed by atoms with Crippen LogP contribution in [0.1, 0.15) is 11.1 Å². The van der Waals surface area contributed by atoms with Gasteiger partial charge < -0.3 is 18.9 Å². The van der Waals surface area contributed by atoms with E-state index in [0.29, 0.717) is 11.3 Å². The number of fused-ring (bicyclic) bond motifs is 3. The molecule has 0 spiro atoms. The van der Waals surface area contributed by atoms with Gasteiger partial charge in [0.05, 0.1) is 36.5 Å². The lowest BCUT2D eigenvalue weighted by Crippen LogP contribution is -2.49. The van der Waals surface area contributed by atoms with Crippen molar-refractivity contribution in [2.24, 2.45) is 0 Å². The van der Waals surface area contributed by atoms with Crippen LogP contribution in [0.25, 0.3) is 0 Å². The number of benzene rings is 2. The minimum atomic E-state index is -1.54. The third kappa shape index (κ3) is 5.57. The number of hydrogen-bond acceptors (Lipinski definition) is 8. The number of anilines is 1. The molecular weight excluding hydrogens is 532 g/mol. The van der Waals surface area contributed by atoms with E-state index in [9.17, 15) is 19.7 Å². The Morgan fingerprint density at radius 2 is 1.82 bits per heavy atom. The van der Waals surface area contributed by atoms with Crippen molar-refractivity contribution in [3.63, 3.8) is 0 Å². The Morgan fingerprint density at radius 3 is 2.48 bits per heavy atom. The standard InChI is InChI=1S/C29H28N2O8Si/c1-36-25-16-20(24(31(34)35)17-26(25)37-2)18-38-28(33)30-22-13-10-9-12-21(22)29(19-32)27(39-29)23(30)14-8-6-7-11-15-40(3,4)5/h6-7,9-10,12-13,16-17,19,23,27H,18H2,1-5H3/b7-6-/t23-,27-,29+/m0/s1. The first-order valence-electron chi connectivity index (χ1n) is 12.3. The molecule has 1 saturated heterocycles.